The highest BCUT2D eigenvalue weighted by atomic mass is 16.5. The highest BCUT2D eigenvalue weighted by molar-refractivity contribution is 5.72. The summed E-state index contributed by atoms with van der Waals surface area (Å²) >= 11 is 0. The van der Waals surface area contributed by atoms with Crippen LogP contribution < -0.4 is 15.7 Å². The summed E-state index contributed by atoms with van der Waals surface area (Å²) in [6.07, 6.45) is 2.94. The minimum atomic E-state index is -0.203. The molecule has 0 saturated carbocycles. The Kier molecular flexibility index (Phi) is 2.86. The summed E-state index contributed by atoms with van der Waals surface area (Å²) < 4.78 is 8.02. The molecule has 1 aromatic carbocycles. The molecule has 0 aliphatic heterocycles. The molecule has 3 aromatic rings. The van der Waals surface area contributed by atoms with Crippen molar-refractivity contribution in [3.63, 3.8) is 0 Å². The number of nitrogens with zero attached hydrogens (tertiary/aromatic N) is 4. The summed E-state index contributed by atoms with van der Waals surface area (Å²) in [5.41, 5.74) is 4.06. The van der Waals surface area contributed by atoms with E-state index in [4.69, 9.17) is 4.74 Å². The average Bonchev–Trinajstić information content (AvgIpc) is 2.84. The second kappa shape index (κ2) is 4.69. The van der Waals surface area contributed by atoms with Crippen LogP contribution in [0.15, 0.2) is 41.6 Å². The molecule has 102 valence electrons. The number of ether oxygens (including phenoxy) is 1. The molecule has 0 aliphatic carbocycles. The monoisotopic (exact) mass is 271 g/mol. The number of hydrogen-bond acceptors (Lipinski definition) is 5. The maximum absolute atomic E-state index is 12.3. The molecular formula is C13H13N5O2. The zero-order valence-corrected chi connectivity index (χ0v) is 11.1. The minimum absolute atomic E-state index is 0.203. The molecule has 0 saturated heterocycles. The molecule has 20 heavy (non-hydrogen) atoms. The maximum atomic E-state index is 12.3. The van der Waals surface area contributed by atoms with Gasteiger partial charge in [0, 0.05) is 13.1 Å². The van der Waals surface area contributed by atoms with Crippen molar-refractivity contribution in [1.29, 1.82) is 0 Å². The van der Waals surface area contributed by atoms with Crippen LogP contribution in [0.3, 0.4) is 0 Å². The van der Waals surface area contributed by atoms with Gasteiger partial charge in [-0.2, -0.15) is 5.10 Å². The van der Waals surface area contributed by atoms with Crippen LogP contribution >= 0.6 is 0 Å². The smallest absolute Gasteiger partial charge is 0.283 e. The molecule has 0 fully saturated rings. The molecule has 0 bridgehead atoms. The Bertz CT molecular complexity index is 821. The van der Waals surface area contributed by atoms with Crippen LogP contribution in [-0.4, -0.2) is 26.6 Å². The van der Waals surface area contributed by atoms with Crippen LogP contribution in [-0.2, 0) is 7.05 Å². The summed E-state index contributed by atoms with van der Waals surface area (Å²) in [6, 6.07) is 7.29. The van der Waals surface area contributed by atoms with E-state index in [0.717, 1.165) is 5.69 Å². The van der Waals surface area contributed by atoms with E-state index in [9.17, 15) is 4.79 Å². The lowest BCUT2D eigenvalue weighted by Gasteiger charge is -2.09. The predicted molar refractivity (Wildman–Crippen MR) is 74.8 cm³/mol. The Hall–Kier alpha value is -2.83. The van der Waals surface area contributed by atoms with Gasteiger partial charge in [-0.3, -0.25) is 14.9 Å². The van der Waals surface area contributed by atoms with E-state index in [1.165, 1.54) is 17.2 Å². The zero-order chi connectivity index (χ0) is 14.1. The number of anilines is 1. The Morgan fingerprint density at radius 2 is 2.20 bits per heavy atom. The first-order valence-corrected chi connectivity index (χ1v) is 5.99. The molecule has 2 heterocycles. The normalized spacial score (nSPS) is 10.7. The van der Waals surface area contributed by atoms with Crippen LogP contribution in [0, 0.1) is 0 Å². The van der Waals surface area contributed by atoms with Crippen molar-refractivity contribution in [2.24, 2.45) is 7.05 Å². The number of aromatic nitrogens is 4. The number of benzene rings is 1. The molecule has 7 nitrogen and oxygen atoms in total. The van der Waals surface area contributed by atoms with Gasteiger partial charge in [-0.1, -0.05) is 6.07 Å². The van der Waals surface area contributed by atoms with E-state index in [0.29, 0.717) is 16.8 Å². The highest BCUT2D eigenvalue weighted by Crippen LogP contribution is 2.16. The van der Waals surface area contributed by atoms with E-state index in [-0.39, 0.29) is 5.56 Å². The molecule has 2 aromatic heterocycles. The van der Waals surface area contributed by atoms with E-state index in [1.807, 2.05) is 18.2 Å². The molecule has 0 atom stereocenters. The van der Waals surface area contributed by atoms with Crippen LogP contribution in [0.1, 0.15) is 0 Å². The molecule has 7 heteroatoms. The van der Waals surface area contributed by atoms with E-state index in [2.05, 4.69) is 15.5 Å². The Balaban J connectivity index is 2.02. The molecule has 0 radical (unpaired) electrons. The number of aryl methyl sites for hydroxylation is 1. The predicted octanol–water partition coefficient (Wildman–Crippen LogP) is 1.01. The van der Waals surface area contributed by atoms with Gasteiger partial charge in [-0.05, 0) is 12.1 Å². The van der Waals surface area contributed by atoms with E-state index in [1.54, 1.807) is 24.9 Å². The Morgan fingerprint density at radius 3 is 3.00 bits per heavy atom. The van der Waals surface area contributed by atoms with Crippen LogP contribution in [0.2, 0.25) is 0 Å². The fourth-order valence-corrected chi connectivity index (χ4v) is 1.94. The van der Waals surface area contributed by atoms with Gasteiger partial charge in [-0.25, -0.2) is 9.66 Å². The largest absolute Gasteiger partial charge is 0.497 e. The lowest BCUT2D eigenvalue weighted by atomic mass is 10.3. The molecule has 0 amide bonds. The molecule has 0 aliphatic rings. The van der Waals surface area contributed by atoms with Crippen LogP contribution in [0.4, 0.5) is 5.69 Å². The maximum Gasteiger partial charge on any atom is 0.283 e. The first-order chi connectivity index (χ1) is 9.69. The van der Waals surface area contributed by atoms with Gasteiger partial charge in [0.15, 0.2) is 5.65 Å². The number of rotatable bonds is 3. The zero-order valence-electron chi connectivity index (χ0n) is 11.1. The number of nitrogens with one attached hydrogen (secondary N) is 1. The van der Waals surface area contributed by atoms with Crippen molar-refractivity contribution < 1.29 is 4.74 Å². The molecule has 1 N–H and O–H groups in total. The molecule has 0 spiro atoms. The van der Waals surface area contributed by atoms with Gasteiger partial charge >= 0.3 is 0 Å². The fourth-order valence-electron chi connectivity index (χ4n) is 1.94. The molecule has 0 unspecified atom stereocenters. The molecular weight excluding hydrogens is 258 g/mol. The van der Waals surface area contributed by atoms with Crippen molar-refractivity contribution in [3.8, 4) is 5.75 Å². The third kappa shape index (κ3) is 1.99. The third-order valence-corrected chi connectivity index (χ3v) is 2.97. The summed E-state index contributed by atoms with van der Waals surface area (Å²) in [5.74, 6) is 0.707. The van der Waals surface area contributed by atoms with Crippen molar-refractivity contribution >= 4 is 16.7 Å². The highest BCUT2D eigenvalue weighted by Gasteiger charge is 2.08. The summed E-state index contributed by atoms with van der Waals surface area (Å²) in [5, 5.41) is 4.49. The quantitative estimate of drug-likeness (QED) is 0.769. The number of hydrogen-bond donors (Lipinski definition) is 1. The fraction of sp³-hybridized carbons (Fsp3) is 0.154. The first kappa shape index (κ1) is 12.2. The van der Waals surface area contributed by atoms with Crippen molar-refractivity contribution in [1.82, 2.24) is 19.4 Å². The number of fused-ring (bicyclic) bond motifs is 1. The third-order valence-electron chi connectivity index (χ3n) is 2.97. The van der Waals surface area contributed by atoms with Gasteiger partial charge < -0.3 is 4.74 Å². The van der Waals surface area contributed by atoms with Gasteiger partial charge in [-0.15, -0.1) is 0 Å². The van der Waals surface area contributed by atoms with Gasteiger partial charge in [0.05, 0.1) is 19.0 Å². The van der Waals surface area contributed by atoms with E-state index >= 15 is 0 Å². The van der Waals surface area contributed by atoms with Crippen molar-refractivity contribution in [2.45, 2.75) is 0 Å². The lowest BCUT2D eigenvalue weighted by Crippen LogP contribution is -2.26. The molecule has 3 rings (SSSR count). The number of methoxy groups -OCH3 is 1. The first-order valence-electron chi connectivity index (χ1n) is 5.99. The Morgan fingerprint density at radius 1 is 1.35 bits per heavy atom. The minimum Gasteiger partial charge on any atom is -0.497 e. The second-order valence-corrected chi connectivity index (χ2v) is 4.27. The summed E-state index contributed by atoms with van der Waals surface area (Å²) in [4.78, 5) is 16.5. The van der Waals surface area contributed by atoms with Gasteiger partial charge in [0.1, 0.15) is 17.5 Å². The van der Waals surface area contributed by atoms with Crippen LogP contribution in [0.25, 0.3) is 11.0 Å². The van der Waals surface area contributed by atoms with Crippen molar-refractivity contribution in [3.05, 3.63) is 47.1 Å². The lowest BCUT2D eigenvalue weighted by molar-refractivity contribution is 0.415. The summed E-state index contributed by atoms with van der Waals surface area (Å²) in [7, 11) is 3.34. The second-order valence-electron chi connectivity index (χ2n) is 4.27. The average molecular weight is 271 g/mol. The Labute approximate surface area is 114 Å². The van der Waals surface area contributed by atoms with Gasteiger partial charge in [0.25, 0.3) is 5.56 Å². The SMILES string of the molecule is COc1cccc(Nn2cnc3c(cnn3C)c2=O)c1. The van der Waals surface area contributed by atoms with Crippen molar-refractivity contribution in [2.75, 3.05) is 12.5 Å². The van der Waals surface area contributed by atoms with Gasteiger partial charge in [0.2, 0.25) is 0 Å². The van der Waals surface area contributed by atoms with Crippen LogP contribution in [0.5, 0.6) is 5.75 Å². The summed E-state index contributed by atoms with van der Waals surface area (Å²) in [6.45, 7) is 0. The standard InChI is InChI=1S/C13H13N5O2/c1-17-12-11(7-15-17)13(19)18(8-14-12)16-9-4-3-5-10(6-9)20-2/h3-8,16H,1-2H3. The topological polar surface area (TPSA) is 74.0 Å². The van der Waals surface area contributed by atoms with E-state index < -0.39 is 0 Å².